The minimum Gasteiger partial charge on any atom is -0.332 e. The van der Waals surface area contributed by atoms with E-state index in [1.165, 1.54) is 0 Å². The van der Waals surface area contributed by atoms with Crippen molar-refractivity contribution in [3.05, 3.63) is 35.9 Å². The van der Waals surface area contributed by atoms with Crippen LogP contribution in [0.5, 0.6) is 0 Å². The number of hydrogen-bond donors (Lipinski definition) is 1. The highest BCUT2D eigenvalue weighted by molar-refractivity contribution is 5.78. The standard InChI is InChI=1S/C13H18F2N2O/c1-10(7-16)13(18)17(9-12(14)15)8-11-5-3-2-4-6-11/h2-6,10,12H,7-9,16H2,1H3. The number of rotatable bonds is 6. The van der Waals surface area contributed by atoms with E-state index in [1.54, 1.807) is 19.1 Å². The zero-order valence-corrected chi connectivity index (χ0v) is 10.4. The molecule has 0 radical (unpaired) electrons. The summed E-state index contributed by atoms with van der Waals surface area (Å²) >= 11 is 0. The molecule has 0 saturated heterocycles. The SMILES string of the molecule is CC(CN)C(=O)N(Cc1ccccc1)CC(F)F. The number of benzene rings is 1. The van der Waals surface area contributed by atoms with Crippen molar-refractivity contribution >= 4 is 5.91 Å². The zero-order chi connectivity index (χ0) is 13.5. The molecular weight excluding hydrogens is 238 g/mol. The van der Waals surface area contributed by atoms with Crippen LogP contribution in [-0.2, 0) is 11.3 Å². The first-order valence-electron chi connectivity index (χ1n) is 5.85. The molecular formula is C13H18F2N2O. The van der Waals surface area contributed by atoms with Gasteiger partial charge in [-0.05, 0) is 5.56 Å². The third-order valence-electron chi connectivity index (χ3n) is 2.66. The van der Waals surface area contributed by atoms with Crippen LogP contribution in [0.2, 0.25) is 0 Å². The van der Waals surface area contributed by atoms with Gasteiger partial charge in [0.15, 0.2) is 0 Å². The average molecular weight is 256 g/mol. The van der Waals surface area contributed by atoms with Crippen molar-refractivity contribution in [1.82, 2.24) is 4.90 Å². The normalized spacial score (nSPS) is 12.5. The quantitative estimate of drug-likeness (QED) is 0.844. The van der Waals surface area contributed by atoms with Gasteiger partial charge in [0.2, 0.25) is 5.91 Å². The first kappa shape index (κ1) is 14.6. The molecule has 1 aromatic rings. The maximum atomic E-state index is 12.5. The van der Waals surface area contributed by atoms with E-state index in [4.69, 9.17) is 5.73 Å². The first-order valence-corrected chi connectivity index (χ1v) is 5.85. The number of hydrogen-bond acceptors (Lipinski definition) is 2. The maximum Gasteiger partial charge on any atom is 0.255 e. The second-order valence-corrected chi connectivity index (χ2v) is 4.23. The second-order valence-electron chi connectivity index (χ2n) is 4.23. The molecule has 2 N–H and O–H groups in total. The molecule has 0 aliphatic heterocycles. The topological polar surface area (TPSA) is 46.3 Å². The highest BCUT2D eigenvalue weighted by Crippen LogP contribution is 2.10. The molecule has 1 atom stereocenters. The molecule has 18 heavy (non-hydrogen) atoms. The number of nitrogens with two attached hydrogens (primary N) is 1. The van der Waals surface area contributed by atoms with Crippen LogP contribution in [0.3, 0.4) is 0 Å². The third-order valence-corrected chi connectivity index (χ3v) is 2.66. The fourth-order valence-corrected chi connectivity index (χ4v) is 1.62. The van der Waals surface area contributed by atoms with Gasteiger partial charge >= 0.3 is 0 Å². The van der Waals surface area contributed by atoms with Crippen molar-refractivity contribution in [3.8, 4) is 0 Å². The van der Waals surface area contributed by atoms with Gasteiger partial charge in [0.05, 0.1) is 6.54 Å². The molecule has 5 heteroatoms. The van der Waals surface area contributed by atoms with Crippen LogP contribution in [-0.4, -0.2) is 30.3 Å². The molecule has 0 aliphatic rings. The minimum absolute atomic E-state index is 0.160. The fraction of sp³-hybridized carbons (Fsp3) is 0.462. The van der Waals surface area contributed by atoms with E-state index >= 15 is 0 Å². The predicted molar refractivity (Wildman–Crippen MR) is 66.1 cm³/mol. The van der Waals surface area contributed by atoms with E-state index in [0.29, 0.717) is 0 Å². The molecule has 1 unspecified atom stereocenters. The lowest BCUT2D eigenvalue weighted by molar-refractivity contribution is -0.137. The highest BCUT2D eigenvalue weighted by atomic mass is 19.3. The van der Waals surface area contributed by atoms with E-state index in [9.17, 15) is 13.6 Å². The van der Waals surface area contributed by atoms with Crippen molar-refractivity contribution in [2.75, 3.05) is 13.1 Å². The van der Waals surface area contributed by atoms with Crippen LogP contribution in [0.25, 0.3) is 0 Å². The molecule has 0 aliphatic carbocycles. The Balaban J connectivity index is 2.75. The Hall–Kier alpha value is -1.49. The lowest BCUT2D eigenvalue weighted by atomic mass is 10.1. The first-order chi connectivity index (χ1) is 8.54. The Morgan fingerprint density at radius 3 is 2.44 bits per heavy atom. The van der Waals surface area contributed by atoms with Gasteiger partial charge in [-0.25, -0.2) is 8.78 Å². The summed E-state index contributed by atoms with van der Waals surface area (Å²) in [6, 6.07) is 9.07. The molecule has 0 saturated carbocycles. The summed E-state index contributed by atoms with van der Waals surface area (Å²) in [5, 5.41) is 0. The summed E-state index contributed by atoms with van der Waals surface area (Å²) in [4.78, 5) is 13.1. The fourth-order valence-electron chi connectivity index (χ4n) is 1.62. The van der Waals surface area contributed by atoms with Crippen LogP contribution >= 0.6 is 0 Å². The van der Waals surface area contributed by atoms with Gasteiger partial charge in [0, 0.05) is 19.0 Å². The largest absolute Gasteiger partial charge is 0.332 e. The smallest absolute Gasteiger partial charge is 0.255 e. The van der Waals surface area contributed by atoms with Crippen molar-refractivity contribution in [2.45, 2.75) is 19.9 Å². The van der Waals surface area contributed by atoms with Gasteiger partial charge in [-0.3, -0.25) is 4.79 Å². The van der Waals surface area contributed by atoms with E-state index in [0.717, 1.165) is 10.5 Å². The predicted octanol–water partition coefficient (Wildman–Crippen LogP) is 1.88. The Morgan fingerprint density at radius 2 is 1.94 bits per heavy atom. The molecule has 0 fully saturated rings. The Morgan fingerprint density at radius 1 is 1.33 bits per heavy atom. The van der Waals surface area contributed by atoms with Gasteiger partial charge in [0.1, 0.15) is 0 Å². The average Bonchev–Trinajstić information content (AvgIpc) is 2.37. The molecule has 1 amide bonds. The maximum absolute atomic E-state index is 12.5. The molecule has 1 rings (SSSR count). The lowest BCUT2D eigenvalue weighted by Gasteiger charge is -2.25. The van der Waals surface area contributed by atoms with E-state index < -0.39 is 18.9 Å². The number of alkyl halides is 2. The number of carbonyl (C=O) groups excluding carboxylic acids is 1. The molecule has 0 spiro atoms. The Labute approximate surface area is 106 Å². The molecule has 0 heterocycles. The second kappa shape index (κ2) is 7.06. The van der Waals surface area contributed by atoms with Crippen molar-refractivity contribution in [2.24, 2.45) is 11.7 Å². The minimum atomic E-state index is -2.54. The van der Waals surface area contributed by atoms with Crippen LogP contribution < -0.4 is 5.73 Å². The number of nitrogens with zero attached hydrogens (tertiary/aromatic N) is 1. The Kier molecular flexibility index (Phi) is 5.71. The van der Waals surface area contributed by atoms with Gasteiger partial charge in [-0.15, -0.1) is 0 Å². The van der Waals surface area contributed by atoms with Gasteiger partial charge in [-0.2, -0.15) is 0 Å². The van der Waals surface area contributed by atoms with Gasteiger partial charge in [-0.1, -0.05) is 37.3 Å². The molecule has 100 valence electrons. The summed E-state index contributed by atoms with van der Waals surface area (Å²) in [6.45, 7) is 1.44. The van der Waals surface area contributed by atoms with Crippen LogP contribution in [0, 0.1) is 5.92 Å². The molecule has 0 bridgehead atoms. The van der Waals surface area contributed by atoms with E-state index in [2.05, 4.69) is 0 Å². The zero-order valence-electron chi connectivity index (χ0n) is 10.4. The van der Waals surface area contributed by atoms with E-state index in [1.807, 2.05) is 18.2 Å². The summed E-state index contributed by atoms with van der Waals surface area (Å²) in [6.07, 6.45) is -2.54. The third kappa shape index (κ3) is 4.41. The summed E-state index contributed by atoms with van der Waals surface area (Å²) < 4.78 is 25.0. The molecule has 0 aromatic heterocycles. The van der Waals surface area contributed by atoms with Crippen LogP contribution in [0.4, 0.5) is 8.78 Å². The monoisotopic (exact) mass is 256 g/mol. The van der Waals surface area contributed by atoms with Crippen molar-refractivity contribution < 1.29 is 13.6 Å². The van der Waals surface area contributed by atoms with Gasteiger partial charge < -0.3 is 10.6 Å². The summed E-state index contributed by atoms with van der Waals surface area (Å²) in [7, 11) is 0. The summed E-state index contributed by atoms with van der Waals surface area (Å²) in [5.41, 5.74) is 6.23. The van der Waals surface area contributed by atoms with Crippen LogP contribution in [0.1, 0.15) is 12.5 Å². The van der Waals surface area contributed by atoms with Crippen molar-refractivity contribution in [1.29, 1.82) is 0 Å². The van der Waals surface area contributed by atoms with Crippen LogP contribution in [0.15, 0.2) is 30.3 Å². The van der Waals surface area contributed by atoms with Crippen molar-refractivity contribution in [3.63, 3.8) is 0 Å². The number of carbonyl (C=O) groups is 1. The van der Waals surface area contributed by atoms with Gasteiger partial charge in [0.25, 0.3) is 6.43 Å². The molecule has 1 aromatic carbocycles. The highest BCUT2D eigenvalue weighted by Gasteiger charge is 2.22. The summed E-state index contributed by atoms with van der Waals surface area (Å²) in [5.74, 6) is -0.769. The number of amides is 1. The Bertz CT molecular complexity index is 371. The number of halogens is 2. The molecule has 3 nitrogen and oxygen atoms in total. The lowest BCUT2D eigenvalue weighted by Crippen LogP contribution is -2.40. The van der Waals surface area contributed by atoms with E-state index in [-0.39, 0.29) is 19.0 Å².